The van der Waals surface area contributed by atoms with Crippen LogP contribution in [0.3, 0.4) is 0 Å². The van der Waals surface area contributed by atoms with Gasteiger partial charge in [-0.2, -0.15) is 0 Å². The molecule has 0 radical (unpaired) electrons. The maximum atomic E-state index is 12.4. The van der Waals surface area contributed by atoms with E-state index in [-0.39, 0.29) is 5.91 Å². The summed E-state index contributed by atoms with van der Waals surface area (Å²) in [7, 11) is 0. The van der Waals surface area contributed by atoms with Crippen LogP contribution in [0.1, 0.15) is 60.3 Å². The standard InChI is InChI=1S/C19H24N2O2/c22-18(15-7-2-1-3-8-15)12-13-20-19(23)17-11-6-14-21(17)16-9-4-5-10-16/h1-3,6-8,11,14,16,18,22H,4-5,9-10,12-13H2,(H,20,23). The molecular formula is C19H24N2O2. The van der Waals surface area contributed by atoms with Crippen molar-refractivity contribution in [2.45, 2.75) is 44.2 Å². The molecule has 1 atom stereocenters. The van der Waals surface area contributed by atoms with Crippen molar-refractivity contribution in [3.8, 4) is 0 Å². The lowest BCUT2D eigenvalue weighted by Gasteiger charge is -2.16. The van der Waals surface area contributed by atoms with E-state index in [0.29, 0.717) is 19.0 Å². The van der Waals surface area contributed by atoms with E-state index in [4.69, 9.17) is 0 Å². The number of benzene rings is 1. The minimum atomic E-state index is -0.543. The molecule has 1 aromatic heterocycles. The van der Waals surface area contributed by atoms with Crippen molar-refractivity contribution in [3.63, 3.8) is 0 Å². The summed E-state index contributed by atoms with van der Waals surface area (Å²) in [5.41, 5.74) is 1.61. The molecular weight excluding hydrogens is 288 g/mol. The molecule has 23 heavy (non-hydrogen) atoms. The van der Waals surface area contributed by atoms with E-state index in [1.54, 1.807) is 0 Å². The van der Waals surface area contributed by atoms with Gasteiger partial charge in [0.1, 0.15) is 5.69 Å². The SMILES string of the molecule is O=C(NCCC(O)c1ccccc1)c1cccn1C1CCCC1. The summed E-state index contributed by atoms with van der Waals surface area (Å²) in [6.45, 7) is 0.463. The molecule has 1 amide bonds. The quantitative estimate of drug-likeness (QED) is 0.858. The Hall–Kier alpha value is -2.07. The third-order valence-corrected chi connectivity index (χ3v) is 4.62. The Morgan fingerprint density at radius 2 is 1.91 bits per heavy atom. The number of hydrogen-bond donors (Lipinski definition) is 2. The van der Waals surface area contributed by atoms with Crippen LogP contribution in [0.25, 0.3) is 0 Å². The second-order valence-electron chi connectivity index (χ2n) is 6.21. The number of carbonyl (C=O) groups excluding carboxylic acids is 1. The van der Waals surface area contributed by atoms with E-state index in [2.05, 4.69) is 9.88 Å². The molecule has 1 fully saturated rings. The molecule has 4 nitrogen and oxygen atoms in total. The largest absolute Gasteiger partial charge is 0.388 e. The van der Waals surface area contributed by atoms with E-state index < -0.39 is 6.10 Å². The van der Waals surface area contributed by atoms with Crippen molar-refractivity contribution >= 4 is 5.91 Å². The molecule has 1 saturated carbocycles. The molecule has 1 aliphatic carbocycles. The molecule has 1 heterocycles. The molecule has 2 N–H and O–H groups in total. The molecule has 1 aromatic carbocycles. The summed E-state index contributed by atoms with van der Waals surface area (Å²) in [6, 6.07) is 13.8. The van der Waals surface area contributed by atoms with Gasteiger partial charge in [0.25, 0.3) is 5.91 Å². The first-order valence-electron chi connectivity index (χ1n) is 8.44. The van der Waals surface area contributed by atoms with E-state index in [0.717, 1.165) is 24.1 Å². The van der Waals surface area contributed by atoms with E-state index in [1.165, 1.54) is 12.8 Å². The molecule has 0 saturated heterocycles. The monoisotopic (exact) mass is 312 g/mol. The van der Waals surface area contributed by atoms with Crippen LogP contribution in [0, 0.1) is 0 Å². The number of hydrogen-bond acceptors (Lipinski definition) is 2. The molecule has 3 rings (SSSR count). The lowest BCUT2D eigenvalue weighted by atomic mass is 10.1. The third-order valence-electron chi connectivity index (χ3n) is 4.62. The lowest BCUT2D eigenvalue weighted by molar-refractivity contribution is 0.0931. The maximum Gasteiger partial charge on any atom is 0.267 e. The number of nitrogens with one attached hydrogen (secondary N) is 1. The van der Waals surface area contributed by atoms with Crippen LogP contribution in [0.4, 0.5) is 0 Å². The van der Waals surface area contributed by atoms with Crippen LogP contribution in [0.2, 0.25) is 0 Å². The van der Waals surface area contributed by atoms with Gasteiger partial charge in [0, 0.05) is 18.8 Å². The van der Waals surface area contributed by atoms with E-state index >= 15 is 0 Å². The van der Waals surface area contributed by atoms with Gasteiger partial charge >= 0.3 is 0 Å². The van der Waals surface area contributed by atoms with Gasteiger partial charge in [-0.05, 0) is 37.0 Å². The van der Waals surface area contributed by atoms with Crippen molar-refractivity contribution < 1.29 is 9.90 Å². The Morgan fingerprint density at radius 3 is 2.65 bits per heavy atom. The Balaban J connectivity index is 1.53. The third kappa shape index (κ3) is 3.82. The molecule has 122 valence electrons. The molecule has 0 aliphatic heterocycles. The smallest absolute Gasteiger partial charge is 0.267 e. The molecule has 4 heteroatoms. The summed E-state index contributed by atoms with van der Waals surface area (Å²) in [6.07, 6.45) is 6.77. The first-order valence-corrected chi connectivity index (χ1v) is 8.44. The van der Waals surface area contributed by atoms with Crippen LogP contribution in [-0.4, -0.2) is 22.1 Å². The van der Waals surface area contributed by atoms with Gasteiger partial charge in [0.2, 0.25) is 0 Å². The van der Waals surface area contributed by atoms with Crippen molar-refractivity contribution in [2.75, 3.05) is 6.54 Å². The van der Waals surface area contributed by atoms with Crippen molar-refractivity contribution in [2.24, 2.45) is 0 Å². The fourth-order valence-electron chi connectivity index (χ4n) is 3.34. The fourth-order valence-corrected chi connectivity index (χ4v) is 3.34. The summed E-state index contributed by atoms with van der Waals surface area (Å²) < 4.78 is 2.11. The molecule has 1 unspecified atom stereocenters. The second kappa shape index (κ2) is 7.47. The Labute approximate surface area is 137 Å². The highest BCUT2D eigenvalue weighted by atomic mass is 16.3. The zero-order valence-corrected chi connectivity index (χ0v) is 13.3. The summed E-state index contributed by atoms with van der Waals surface area (Å²) in [4.78, 5) is 12.4. The van der Waals surface area contributed by atoms with Crippen LogP contribution >= 0.6 is 0 Å². The lowest BCUT2D eigenvalue weighted by Crippen LogP contribution is -2.28. The molecule has 2 aromatic rings. The summed E-state index contributed by atoms with van der Waals surface area (Å²) in [5, 5.41) is 13.1. The van der Waals surface area contributed by atoms with Gasteiger partial charge in [0.15, 0.2) is 0 Å². The highest BCUT2D eigenvalue weighted by Gasteiger charge is 2.21. The van der Waals surface area contributed by atoms with Crippen molar-refractivity contribution in [1.29, 1.82) is 0 Å². The van der Waals surface area contributed by atoms with Crippen LogP contribution in [0.15, 0.2) is 48.7 Å². The van der Waals surface area contributed by atoms with Crippen LogP contribution in [0.5, 0.6) is 0 Å². The summed E-state index contributed by atoms with van der Waals surface area (Å²) >= 11 is 0. The number of carbonyl (C=O) groups is 1. The normalized spacial score (nSPS) is 16.4. The van der Waals surface area contributed by atoms with Gasteiger partial charge in [-0.25, -0.2) is 0 Å². The highest BCUT2D eigenvalue weighted by Crippen LogP contribution is 2.30. The number of aromatic nitrogens is 1. The van der Waals surface area contributed by atoms with Gasteiger partial charge in [-0.3, -0.25) is 4.79 Å². The van der Waals surface area contributed by atoms with Crippen molar-refractivity contribution in [1.82, 2.24) is 9.88 Å². The van der Waals surface area contributed by atoms with E-state index in [9.17, 15) is 9.90 Å². The highest BCUT2D eigenvalue weighted by molar-refractivity contribution is 5.92. The fraction of sp³-hybridized carbons (Fsp3) is 0.421. The maximum absolute atomic E-state index is 12.4. The number of aliphatic hydroxyl groups is 1. The Kier molecular flexibility index (Phi) is 5.13. The predicted octanol–water partition coefficient (Wildman–Crippen LogP) is 3.46. The second-order valence-corrected chi connectivity index (χ2v) is 6.21. The first kappa shape index (κ1) is 15.8. The van der Waals surface area contributed by atoms with Gasteiger partial charge in [-0.15, -0.1) is 0 Å². The zero-order valence-electron chi connectivity index (χ0n) is 13.3. The zero-order chi connectivity index (χ0) is 16.1. The van der Waals surface area contributed by atoms with Gasteiger partial charge < -0.3 is 15.0 Å². The van der Waals surface area contributed by atoms with Crippen LogP contribution in [-0.2, 0) is 0 Å². The van der Waals surface area contributed by atoms with Gasteiger partial charge in [-0.1, -0.05) is 43.2 Å². The number of nitrogens with zero attached hydrogens (tertiary/aromatic N) is 1. The Bertz CT molecular complexity index is 630. The molecule has 0 spiro atoms. The Morgan fingerprint density at radius 1 is 1.17 bits per heavy atom. The topological polar surface area (TPSA) is 54.3 Å². The predicted molar refractivity (Wildman–Crippen MR) is 90.3 cm³/mol. The minimum Gasteiger partial charge on any atom is -0.388 e. The molecule has 1 aliphatic rings. The number of aliphatic hydroxyl groups excluding tert-OH is 1. The van der Waals surface area contributed by atoms with Gasteiger partial charge in [0.05, 0.1) is 6.10 Å². The number of rotatable bonds is 6. The van der Waals surface area contributed by atoms with E-state index in [1.807, 2.05) is 48.7 Å². The number of amides is 1. The first-order chi connectivity index (χ1) is 11.3. The van der Waals surface area contributed by atoms with Crippen LogP contribution < -0.4 is 5.32 Å². The molecule has 0 bridgehead atoms. The van der Waals surface area contributed by atoms with Crippen molar-refractivity contribution in [3.05, 3.63) is 59.9 Å². The average Bonchev–Trinajstić information content (AvgIpc) is 3.26. The average molecular weight is 312 g/mol. The minimum absolute atomic E-state index is 0.0536. The summed E-state index contributed by atoms with van der Waals surface area (Å²) in [5.74, 6) is -0.0536.